The molecule has 0 radical (unpaired) electrons. The lowest BCUT2D eigenvalue weighted by Crippen LogP contribution is -2.25. The third kappa shape index (κ3) is 3.03. The largest absolute Gasteiger partial charge is 0.478 e. The number of nitrogen functional groups attached to an aromatic ring is 1. The van der Waals surface area contributed by atoms with Gasteiger partial charge in [-0.05, 0) is 24.4 Å². The monoisotopic (exact) mass is 277 g/mol. The highest BCUT2D eigenvalue weighted by atomic mass is 32.1. The van der Waals surface area contributed by atoms with Crippen LogP contribution in [-0.2, 0) is 6.54 Å². The first-order valence-electron chi connectivity index (χ1n) is 5.88. The second-order valence-corrected chi connectivity index (χ2v) is 5.07. The highest BCUT2D eigenvalue weighted by molar-refractivity contribution is 7.09. The molecule has 0 aromatic carbocycles. The molecule has 0 amide bonds. The zero-order chi connectivity index (χ0) is 13.8. The van der Waals surface area contributed by atoms with Gasteiger partial charge in [-0.3, -0.25) is 0 Å². The summed E-state index contributed by atoms with van der Waals surface area (Å²) in [5.74, 6) is -0.558. The SMILES string of the molecule is CCN(Cc1cccs1)c1ncc(N)cc1C(=O)O. The molecule has 2 aromatic heterocycles. The fraction of sp³-hybridized carbons (Fsp3) is 0.231. The van der Waals surface area contributed by atoms with Gasteiger partial charge in [-0.2, -0.15) is 0 Å². The number of carbonyl (C=O) groups is 1. The number of hydrogen-bond donors (Lipinski definition) is 2. The molecule has 0 unspecified atom stereocenters. The Labute approximate surface area is 115 Å². The predicted octanol–water partition coefficient (Wildman–Crippen LogP) is 2.45. The second kappa shape index (κ2) is 5.71. The molecule has 0 atom stereocenters. The van der Waals surface area contributed by atoms with Crippen LogP contribution in [0.1, 0.15) is 22.2 Å². The molecule has 19 heavy (non-hydrogen) atoms. The molecule has 100 valence electrons. The standard InChI is InChI=1S/C13H15N3O2S/c1-2-16(8-10-4-3-5-19-10)12-11(13(17)18)6-9(14)7-15-12/h3-7H,2,8,14H2,1H3,(H,17,18). The minimum Gasteiger partial charge on any atom is -0.478 e. The Kier molecular flexibility index (Phi) is 4.01. The number of pyridine rings is 1. The van der Waals surface area contributed by atoms with E-state index in [9.17, 15) is 9.90 Å². The number of rotatable bonds is 5. The normalized spacial score (nSPS) is 10.4. The van der Waals surface area contributed by atoms with Crippen LogP contribution in [0.5, 0.6) is 0 Å². The van der Waals surface area contributed by atoms with E-state index in [-0.39, 0.29) is 5.56 Å². The van der Waals surface area contributed by atoms with Crippen molar-refractivity contribution < 1.29 is 9.90 Å². The van der Waals surface area contributed by atoms with Crippen molar-refractivity contribution in [2.24, 2.45) is 0 Å². The smallest absolute Gasteiger partial charge is 0.339 e. The topological polar surface area (TPSA) is 79.5 Å². The summed E-state index contributed by atoms with van der Waals surface area (Å²) in [5.41, 5.74) is 6.09. The van der Waals surface area contributed by atoms with Gasteiger partial charge in [0.05, 0.1) is 18.4 Å². The predicted molar refractivity (Wildman–Crippen MR) is 76.7 cm³/mol. The van der Waals surface area contributed by atoms with Gasteiger partial charge in [0.2, 0.25) is 0 Å². The average Bonchev–Trinajstić information content (AvgIpc) is 2.89. The van der Waals surface area contributed by atoms with E-state index in [1.807, 2.05) is 29.3 Å². The van der Waals surface area contributed by atoms with Gasteiger partial charge in [0.1, 0.15) is 11.4 Å². The molecule has 5 nitrogen and oxygen atoms in total. The summed E-state index contributed by atoms with van der Waals surface area (Å²) in [6.07, 6.45) is 1.48. The molecule has 0 aliphatic carbocycles. The van der Waals surface area contributed by atoms with Crippen LogP contribution in [0.2, 0.25) is 0 Å². The first-order valence-corrected chi connectivity index (χ1v) is 6.76. The van der Waals surface area contributed by atoms with Gasteiger partial charge >= 0.3 is 5.97 Å². The van der Waals surface area contributed by atoms with Crippen LogP contribution in [0.3, 0.4) is 0 Å². The Morgan fingerprint density at radius 2 is 2.37 bits per heavy atom. The molecular formula is C13H15N3O2S. The molecule has 3 N–H and O–H groups in total. The van der Waals surface area contributed by atoms with Crippen LogP contribution in [0.15, 0.2) is 29.8 Å². The summed E-state index contributed by atoms with van der Waals surface area (Å²) < 4.78 is 0. The lowest BCUT2D eigenvalue weighted by Gasteiger charge is -2.22. The molecule has 6 heteroatoms. The van der Waals surface area contributed by atoms with Gasteiger partial charge < -0.3 is 15.7 Å². The molecule has 0 fully saturated rings. The van der Waals surface area contributed by atoms with Crippen LogP contribution in [0.25, 0.3) is 0 Å². The lowest BCUT2D eigenvalue weighted by atomic mass is 10.2. The zero-order valence-electron chi connectivity index (χ0n) is 10.5. The molecule has 0 bridgehead atoms. The summed E-state index contributed by atoms with van der Waals surface area (Å²) in [6.45, 7) is 3.29. The van der Waals surface area contributed by atoms with Crippen molar-refractivity contribution in [2.75, 3.05) is 17.2 Å². The molecule has 0 saturated heterocycles. The average molecular weight is 277 g/mol. The fourth-order valence-electron chi connectivity index (χ4n) is 1.81. The Morgan fingerprint density at radius 1 is 1.58 bits per heavy atom. The number of hydrogen-bond acceptors (Lipinski definition) is 5. The molecule has 0 spiro atoms. The van der Waals surface area contributed by atoms with Crippen molar-refractivity contribution in [2.45, 2.75) is 13.5 Å². The van der Waals surface area contributed by atoms with Crippen molar-refractivity contribution >= 4 is 28.8 Å². The van der Waals surface area contributed by atoms with Crippen molar-refractivity contribution in [3.8, 4) is 0 Å². The molecule has 2 heterocycles. The Hall–Kier alpha value is -2.08. The maximum Gasteiger partial charge on any atom is 0.339 e. The van der Waals surface area contributed by atoms with Crippen LogP contribution in [-0.4, -0.2) is 22.6 Å². The molecule has 2 rings (SSSR count). The van der Waals surface area contributed by atoms with Crippen LogP contribution >= 0.6 is 11.3 Å². The van der Waals surface area contributed by atoms with Crippen LogP contribution < -0.4 is 10.6 Å². The van der Waals surface area contributed by atoms with E-state index >= 15 is 0 Å². The van der Waals surface area contributed by atoms with E-state index in [0.717, 1.165) is 4.88 Å². The molecular weight excluding hydrogens is 262 g/mol. The third-order valence-corrected chi connectivity index (χ3v) is 3.59. The van der Waals surface area contributed by atoms with Gasteiger partial charge in [0, 0.05) is 11.4 Å². The maximum atomic E-state index is 11.3. The Bertz CT molecular complexity index is 569. The van der Waals surface area contributed by atoms with E-state index in [1.165, 1.54) is 12.3 Å². The molecule has 0 aliphatic rings. The first-order chi connectivity index (χ1) is 9.11. The van der Waals surface area contributed by atoms with E-state index in [0.29, 0.717) is 24.6 Å². The summed E-state index contributed by atoms with van der Waals surface area (Å²) in [4.78, 5) is 18.5. The molecule has 0 saturated carbocycles. The number of nitrogens with zero attached hydrogens (tertiary/aromatic N) is 2. The minimum atomic E-state index is -1.01. The number of carboxylic acids is 1. The van der Waals surface area contributed by atoms with Crippen LogP contribution in [0.4, 0.5) is 11.5 Å². The van der Waals surface area contributed by atoms with E-state index < -0.39 is 5.97 Å². The zero-order valence-corrected chi connectivity index (χ0v) is 11.4. The Balaban J connectivity index is 2.35. The summed E-state index contributed by atoms with van der Waals surface area (Å²) in [7, 11) is 0. The maximum absolute atomic E-state index is 11.3. The number of carboxylic acid groups (broad SMARTS) is 1. The third-order valence-electron chi connectivity index (χ3n) is 2.73. The molecule has 2 aromatic rings. The van der Waals surface area contributed by atoms with Gasteiger partial charge in [0.15, 0.2) is 0 Å². The second-order valence-electron chi connectivity index (χ2n) is 4.04. The number of nitrogens with two attached hydrogens (primary N) is 1. The molecule has 0 aliphatic heterocycles. The van der Waals surface area contributed by atoms with E-state index in [4.69, 9.17) is 5.73 Å². The number of thiophene rings is 1. The van der Waals surface area contributed by atoms with Crippen molar-refractivity contribution in [1.82, 2.24) is 4.98 Å². The van der Waals surface area contributed by atoms with E-state index in [2.05, 4.69) is 4.98 Å². The summed E-state index contributed by atoms with van der Waals surface area (Å²) in [6, 6.07) is 5.44. The van der Waals surface area contributed by atoms with Gasteiger partial charge in [-0.25, -0.2) is 9.78 Å². The highest BCUT2D eigenvalue weighted by Crippen LogP contribution is 2.23. The minimum absolute atomic E-state index is 0.137. The van der Waals surface area contributed by atoms with Crippen LogP contribution in [0, 0.1) is 0 Å². The number of aromatic carboxylic acids is 1. The van der Waals surface area contributed by atoms with Gasteiger partial charge in [-0.15, -0.1) is 11.3 Å². The lowest BCUT2D eigenvalue weighted by molar-refractivity contribution is 0.0697. The number of anilines is 2. The first kappa shape index (κ1) is 13.4. The van der Waals surface area contributed by atoms with Crippen molar-refractivity contribution in [3.05, 3.63) is 40.2 Å². The summed E-state index contributed by atoms with van der Waals surface area (Å²) in [5, 5.41) is 11.2. The Morgan fingerprint density at radius 3 is 2.95 bits per heavy atom. The van der Waals surface area contributed by atoms with E-state index in [1.54, 1.807) is 11.3 Å². The van der Waals surface area contributed by atoms with Crippen molar-refractivity contribution in [1.29, 1.82) is 0 Å². The van der Waals surface area contributed by atoms with Gasteiger partial charge in [0.25, 0.3) is 0 Å². The fourth-order valence-corrected chi connectivity index (χ4v) is 2.53. The van der Waals surface area contributed by atoms with Crippen molar-refractivity contribution in [3.63, 3.8) is 0 Å². The number of aromatic nitrogens is 1. The highest BCUT2D eigenvalue weighted by Gasteiger charge is 2.17. The quantitative estimate of drug-likeness (QED) is 0.877. The van der Waals surface area contributed by atoms with Gasteiger partial charge in [-0.1, -0.05) is 6.07 Å². The summed E-state index contributed by atoms with van der Waals surface area (Å²) >= 11 is 1.64.